The number of ether oxygens (including phenoxy) is 1. The van der Waals surface area contributed by atoms with E-state index in [0.29, 0.717) is 19.1 Å². The van der Waals surface area contributed by atoms with E-state index in [4.69, 9.17) is 4.74 Å². The van der Waals surface area contributed by atoms with Gasteiger partial charge in [0.1, 0.15) is 6.10 Å². The van der Waals surface area contributed by atoms with Gasteiger partial charge in [0.15, 0.2) is 0 Å². The first-order valence-electron chi connectivity index (χ1n) is 5.11. The molecule has 0 saturated carbocycles. The largest absolute Gasteiger partial charge is 0.367 e. The molecule has 4 nitrogen and oxygen atoms in total. The average molecular weight is 202 g/mol. The van der Waals surface area contributed by atoms with Gasteiger partial charge in [-0.2, -0.15) is 0 Å². The Labute approximate surface area is 86.4 Å². The Morgan fingerprint density at radius 3 is 2.50 bits per heavy atom. The van der Waals surface area contributed by atoms with E-state index in [-0.39, 0.29) is 12.0 Å². The molecule has 0 saturated heterocycles. The zero-order valence-electron chi connectivity index (χ0n) is 9.59. The van der Waals surface area contributed by atoms with Crippen LogP contribution >= 0.6 is 0 Å². The van der Waals surface area contributed by atoms with Crippen molar-refractivity contribution in [2.24, 2.45) is 5.92 Å². The van der Waals surface area contributed by atoms with Crippen molar-refractivity contribution in [3.8, 4) is 0 Å². The number of rotatable bonds is 7. The van der Waals surface area contributed by atoms with Crippen LogP contribution in [0.4, 0.5) is 0 Å². The summed E-state index contributed by atoms with van der Waals surface area (Å²) >= 11 is 0. The zero-order chi connectivity index (χ0) is 11.0. The molecule has 1 unspecified atom stereocenters. The van der Waals surface area contributed by atoms with Gasteiger partial charge < -0.3 is 15.4 Å². The summed E-state index contributed by atoms with van der Waals surface area (Å²) in [5.41, 5.74) is 0. The van der Waals surface area contributed by atoms with E-state index in [0.717, 1.165) is 6.54 Å². The third-order valence-corrected chi connectivity index (χ3v) is 1.77. The van der Waals surface area contributed by atoms with Gasteiger partial charge >= 0.3 is 0 Å². The van der Waals surface area contributed by atoms with Crippen LogP contribution < -0.4 is 10.6 Å². The zero-order valence-corrected chi connectivity index (χ0v) is 9.59. The lowest BCUT2D eigenvalue weighted by molar-refractivity contribution is -0.131. The summed E-state index contributed by atoms with van der Waals surface area (Å²) in [4.78, 5) is 11.4. The predicted molar refractivity (Wildman–Crippen MR) is 57.2 cm³/mol. The monoisotopic (exact) mass is 202 g/mol. The molecule has 0 rings (SSSR count). The lowest BCUT2D eigenvalue weighted by Gasteiger charge is -2.14. The maximum Gasteiger partial charge on any atom is 0.248 e. The lowest BCUT2D eigenvalue weighted by Crippen LogP contribution is -2.37. The van der Waals surface area contributed by atoms with Crippen molar-refractivity contribution in [3.63, 3.8) is 0 Å². The molecule has 0 aliphatic rings. The fraction of sp³-hybridized carbons (Fsp3) is 0.900. The molecule has 0 spiro atoms. The molecule has 0 fully saturated rings. The molecule has 0 aliphatic carbocycles. The van der Waals surface area contributed by atoms with Crippen molar-refractivity contribution >= 4 is 5.91 Å². The van der Waals surface area contributed by atoms with E-state index >= 15 is 0 Å². The second kappa shape index (κ2) is 7.76. The first-order chi connectivity index (χ1) is 6.57. The van der Waals surface area contributed by atoms with Gasteiger partial charge in [-0.25, -0.2) is 0 Å². The van der Waals surface area contributed by atoms with Gasteiger partial charge in [-0.05, 0) is 19.9 Å². The van der Waals surface area contributed by atoms with E-state index in [1.807, 2.05) is 7.05 Å². The third kappa shape index (κ3) is 6.86. The van der Waals surface area contributed by atoms with Crippen molar-refractivity contribution in [3.05, 3.63) is 0 Å². The molecule has 0 aromatic rings. The highest BCUT2D eigenvalue weighted by atomic mass is 16.5. The predicted octanol–water partition coefficient (Wildman–Crippen LogP) is 0.383. The number of likely N-dealkylation sites (N-methyl/N-ethyl adjacent to an activating group) is 1. The molecule has 0 aliphatic heterocycles. The minimum Gasteiger partial charge on any atom is -0.367 e. The quantitative estimate of drug-likeness (QED) is 0.587. The smallest absolute Gasteiger partial charge is 0.248 e. The highest BCUT2D eigenvalue weighted by Gasteiger charge is 2.12. The molecule has 0 aromatic heterocycles. The molecule has 0 bridgehead atoms. The van der Waals surface area contributed by atoms with Crippen molar-refractivity contribution in [2.75, 3.05) is 26.7 Å². The molecule has 0 heterocycles. The minimum atomic E-state index is -0.359. The van der Waals surface area contributed by atoms with Crippen LogP contribution in [0, 0.1) is 5.92 Å². The number of carbonyl (C=O) groups is 1. The Morgan fingerprint density at radius 2 is 2.00 bits per heavy atom. The van der Waals surface area contributed by atoms with Gasteiger partial charge in [0.2, 0.25) is 5.91 Å². The fourth-order valence-electron chi connectivity index (χ4n) is 0.862. The average Bonchev–Trinajstić information content (AvgIpc) is 2.14. The highest BCUT2D eigenvalue weighted by Crippen LogP contribution is 1.92. The Hall–Kier alpha value is -0.610. The molecule has 0 radical (unpaired) electrons. The molecule has 0 aromatic carbocycles. The normalized spacial score (nSPS) is 12.9. The summed E-state index contributed by atoms with van der Waals surface area (Å²) in [6, 6.07) is 0. The SMILES string of the molecule is CNCCOC(C)C(=O)NCC(C)C. The Morgan fingerprint density at radius 1 is 1.36 bits per heavy atom. The second-order valence-corrected chi connectivity index (χ2v) is 3.76. The summed E-state index contributed by atoms with van der Waals surface area (Å²) in [5.74, 6) is 0.443. The first-order valence-corrected chi connectivity index (χ1v) is 5.11. The summed E-state index contributed by atoms with van der Waals surface area (Å²) in [6.07, 6.45) is -0.359. The topological polar surface area (TPSA) is 50.4 Å². The number of nitrogens with one attached hydrogen (secondary N) is 2. The van der Waals surface area contributed by atoms with Gasteiger partial charge in [0.05, 0.1) is 6.61 Å². The van der Waals surface area contributed by atoms with Crippen molar-refractivity contribution < 1.29 is 9.53 Å². The molecular formula is C10H22N2O2. The van der Waals surface area contributed by atoms with Gasteiger partial charge in [0.25, 0.3) is 0 Å². The molecule has 1 atom stereocenters. The number of hydrogen-bond acceptors (Lipinski definition) is 3. The van der Waals surface area contributed by atoms with Crippen LogP contribution in [-0.2, 0) is 9.53 Å². The number of amides is 1. The van der Waals surface area contributed by atoms with Crippen LogP contribution in [0.5, 0.6) is 0 Å². The summed E-state index contributed by atoms with van der Waals surface area (Å²) in [5, 5.41) is 5.78. The van der Waals surface area contributed by atoms with E-state index in [9.17, 15) is 4.79 Å². The van der Waals surface area contributed by atoms with E-state index in [2.05, 4.69) is 24.5 Å². The fourth-order valence-corrected chi connectivity index (χ4v) is 0.862. The van der Waals surface area contributed by atoms with Crippen LogP contribution in [0.3, 0.4) is 0 Å². The van der Waals surface area contributed by atoms with Gasteiger partial charge in [0, 0.05) is 13.1 Å². The maximum absolute atomic E-state index is 11.4. The Kier molecular flexibility index (Phi) is 7.42. The van der Waals surface area contributed by atoms with Crippen molar-refractivity contribution in [1.29, 1.82) is 0 Å². The lowest BCUT2D eigenvalue weighted by atomic mass is 10.2. The van der Waals surface area contributed by atoms with Gasteiger partial charge in [-0.3, -0.25) is 4.79 Å². The van der Waals surface area contributed by atoms with Crippen LogP contribution in [-0.4, -0.2) is 38.8 Å². The maximum atomic E-state index is 11.4. The molecule has 14 heavy (non-hydrogen) atoms. The van der Waals surface area contributed by atoms with Gasteiger partial charge in [-0.15, -0.1) is 0 Å². The summed E-state index contributed by atoms with van der Waals surface area (Å²) in [6.45, 7) is 7.93. The second-order valence-electron chi connectivity index (χ2n) is 3.76. The van der Waals surface area contributed by atoms with Crippen molar-refractivity contribution in [2.45, 2.75) is 26.9 Å². The van der Waals surface area contributed by atoms with Crippen LogP contribution in [0.2, 0.25) is 0 Å². The standard InChI is InChI=1S/C10H22N2O2/c1-8(2)7-12-10(13)9(3)14-6-5-11-4/h8-9,11H,5-7H2,1-4H3,(H,12,13). The van der Waals surface area contributed by atoms with Crippen LogP contribution in [0.25, 0.3) is 0 Å². The van der Waals surface area contributed by atoms with Gasteiger partial charge in [-0.1, -0.05) is 13.8 Å². The molecule has 4 heteroatoms. The Bertz CT molecular complexity index is 160. The van der Waals surface area contributed by atoms with E-state index in [1.54, 1.807) is 6.92 Å². The first kappa shape index (κ1) is 13.4. The highest BCUT2D eigenvalue weighted by molar-refractivity contribution is 5.80. The molecular weight excluding hydrogens is 180 g/mol. The van der Waals surface area contributed by atoms with E-state index in [1.165, 1.54) is 0 Å². The summed E-state index contributed by atoms with van der Waals surface area (Å²) < 4.78 is 5.30. The van der Waals surface area contributed by atoms with Crippen LogP contribution in [0.15, 0.2) is 0 Å². The Balaban J connectivity index is 3.54. The number of hydrogen-bond donors (Lipinski definition) is 2. The number of carbonyl (C=O) groups excluding carboxylic acids is 1. The molecule has 1 amide bonds. The summed E-state index contributed by atoms with van der Waals surface area (Å²) in [7, 11) is 1.85. The molecule has 84 valence electrons. The minimum absolute atomic E-state index is 0.0326. The van der Waals surface area contributed by atoms with Crippen LogP contribution in [0.1, 0.15) is 20.8 Å². The van der Waals surface area contributed by atoms with E-state index < -0.39 is 0 Å². The molecule has 2 N–H and O–H groups in total. The third-order valence-electron chi connectivity index (χ3n) is 1.77. The van der Waals surface area contributed by atoms with Crippen molar-refractivity contribution in [1.82, 2.24) is 10.6 Å².